The predicted octanol–water partition coefficient (Wildman–Crippen LogP) is 4.58. The maximum absolute atomic E-state index is 13.5. The molecule has 13 heteroatoms. The van der Waals surface area contributed by atoms with E-state index in [1.54, 1.807) is 61.7 Å². The van der Waals surface area contributed by atoms with Gasteiger partial charge in [-0.1, -0.05) is 30.3 Å². The van der Waals surface area contributed by atoms with E-state index in [9.17, 15) is 24.3 Å². The van der Waals surface area contributed by atoms with Gasteiger partial charge in [0.2, 0.25) is 0 Å². The molecule has 52 heavy (non-hydrogen) atoms. The summed E-state index contributed by atoms with van der Waals surface area (Å²) in [6.45, 7) is 8.28. The molecule has 4 aromatic rings. The second kappa shape index (κ2) is 14.8. The number of hydrogen-bond acceptors (Lipinski definition) is 8. The molecule has 0 saturated carbocycles. The van der Waals surface area contributed by atoms with Gasteiger partial charge in [-0.2, -0.15) is 0 Å². The normalized spacial score (nSPS) is 16.1. The van der Waals surface area contributed by atoms with Crippen LogP contribution >= 0.6 is 0 Å². The van der Waals surface area contributed by atoms with Crippen LogP contribution < -0.4 is 21.7 Å². The average Bonchev–Trinajstić information content (AvgIpc) is 3.54. The zero-order valence-electron chi connectivity index (χ0n) is 30.0. The van der Waals surface area contributed by atoms with Gasteiger partial charge in [0.05, 0.1) is 22.5 Å². The van der Waals surface area contributed by atoms with E-state index in [4.69, 9.17) is 5.73 Å². The van der Waals surface area contributed by atoms with Crippen molar-refractivity contribution in [2.24, 2.45) is 5.73 Å². The van der Waals surface area contributed by atoms with E-state index >= 15 is 0 Å². The van der Waals surface area contributed by atoms with Gasteiger partial charge in [0.25, 0.3) is 17.7 Å². The monoisotopic (exact) mass is 704 g/mol. The van der Waals surface area contributed by atoms with Crippen LogP contribution in [0.4, 0.5) is 22.7 Å². The maximum atomic E-state index is 13.5. The Balaban J connectivity index is 1.22. The van der Waals surface area contributed by atoms with Crippen molar-refractivity contribution < 1.29 is 24.3 Å². The Morgan fingerprint density at radius 3 is 2.31 bits per heavy atom. The molecule has 0 radical (unpaired) electrons. The fourth-order valence-electron chi connectivity index (χ4n) is 6.96. The lowest BCUT2D eigenvalue weighted by atomic mass is 10.0. The quantitative estimate of drug-likeness (QED) is 0.141. The number of nitrogens with two attached hydrogens (primary N) is 1. The largest absolute Gasteiger partial charge is 0.478 e. The zero-order valence-corrected chi connectivity index (χ0v) is 30.0. The molecule has 2 aliphatic heterocycles. The number of nitrogens with one attached hydrogen (secondary N) is 3. The number of anilines is 4. The lowest BCUT2D eigenvalue weighted by Crippen LogP contribution is -2.43. The summed E-state index contributed by atoms with van der Waals surface area (Å²) in [4.78, 5) is 57.8. The first-order chi connectivity index (χ1) is 24.8. The SMILES string of the molecule is Cc1c(C(=O)O)c(C)n(C(C(N)=O)N(C)C)c1C=C1C(=O)Nc2c(Nc3cccc(NC(=O)c4ccc(CN5CCN(C)CC5)cc4)c3)cccc21. The maximum Gasteiger partial charge on any atom is 0.337 e. The number of hydrogen-bond donors (Lipinski definition) is 5. The third kappa shape index (κ3) is 7.33. The van der Waals surface area contributed by atoms with Crippen molar-refractivity contribution in [3.8, 4) is 0 Å². The van der Waals surface area contributed by atoms with Gasteiger partial charge in [0, 0.05) is 66.6 Å². The Bertz CT molecular complexity index is 2080. The number of likely N-dealkylation sites (N-methyl/N-ethyl adjacent to an activating group) is 2. The first-order valence-corrected chi connectivity index (χ1v) is 17.1. The molecule has 0 bridgehead atoms. The summed E-state index contributed by atoms with van der Waals surface area (Å²) in [7, 11) is 5.48. The van der Waals surface area contributed by atoms with E-state index in [1.807, 2.05) is 48.5 Å². The molecule has 3 aromatic carbocycles. The summed E-state index contributed by atoms with van der Waals surface area (Å²) in [5.74, 6) is -2.43. The summed E-state index contributed by atoms with van der Waals surface area (Å²) in [5.41, 5.74) is 12.0. The number of rotatable bonds is 11. The van der Waals surface area contributed by atoms with Crippen molar-refractivity contribution in [1.29, 1.82) is 0 Å². The van der Waals surface area contributed by atoms with E-state index < -0.39 is 18.0 Å². The highest BCUT2D eigenvalue weighted by molar-refractivity contribution is 6.36. The Kier molecular flexibility index (Phi) is 10.3. The number of carboxylic acid groups (broad SMARTS) is 1. The number of benzene rings is 3. The van der Waals surface area contributed by atoms with Gasteiger partial charge in [-0.3, -0.25) is 24.2 Å². The molecule has 3 amide bonds. The van der Waals surface area contributed by atoms with Crippen LogP contribution in [-0.2, 0) is 16.1 Å². The van der Waals surface area contributed by atoms with Crippen molar-refractivity contribution in [3.05, 3.63) is 106 Å². The fraction of sp³-hybridized carbons (Fsp3) is 0.282. The number of primary amides is 1. The third-order valence-corrected chi connectivity index (χ3v) is 9.68. The highest BCUT2D eigenvalue weighted by Crippen LogP contribution is 2.41. The lowest BCUT2D eigenvalue weighted by molar-refractivity contribution is -0.125. The van der Waals surface area contributed by atoms with Gasteiger partial charge >= 0.3 is 5.97 Å². The number of para-hydroxylation sites is 1. The Morgan fingerprint density at radius 2 is 1.65 bits per heavy atom. The molecular formula is C39H44N8O5. The lowest BCUT2D eigenvalue weighted by Gasteiger charge is -2.32. The van der Waals surface area contributed by atoms with Crippen LogP contribution in [0, 0.1) is 13.8 Å². The minimum Gasteiger partial charge on any atom is -0.478 e. The molecular weight excluding hydrogens is 660 g/mol. The van der Waals surface area contributed by atoms with Crippen LogP contribution in [0.25, 0.3) is 11.6 Å². The first-order valence-electron chi connectivity index (χ1n) is 17.1. The highest BCUT2D eigenvalue weighted by Gasteiger charge is 2.32. The van der Waals surface area contributed by atoms with Crippen LogP contribution in [0.3, 0.4) is 0 Å². The second-order valence-electron chi connectivity index (χ2n) is 13.6. The number of piperazine rings is 1. The number of carbonyl (C=O) groups excluding carboxylic acids is 3. The van der Waals surface area contributed by atoms with Crippen LogP contribution in [0.2, 0.25) is 0 Å². The van der Waals surface area contributed by atoms with E-state index in [0.717, 1.165) is 32.7 Å². The Morgan fingerprint density at radius 1 is 0.981 bits per heavy atom. The summed E-state index contributed by atoms with van der Waals surface area (Å²) >= 11 is 0. The van der Waals surface area contributed by atoms with Gasteiger partial charge in [-0.05, 0) is 88.6 Å². The van der Waals surface area contributed by atoms with Crippen LogP contribution in [0.15, 0.2) is 66.7 Å². The molecule has 1 aromatic heterocycles. The molecule has 0 spiro atoms. The van der Waals surface area contributed by atoms with Gasteiger partial charge < -0.3 is 36.3 Å². The summed E-state index contributed by atoms with van der Waals surface area (Å²) in [6.07, 6.45) is 0.615. The van der Waals surface area contributed by atoms with Crippen molar-refractivity contribution in [2.75, 3.05) is 63.3 Å². The van der Waals surface area contributed by atoms with E-state index in [2.05, 4.69) is 32.8 Å². The number of aromatic nitrogens is 1. The molecule has 1 atom stereocenters. The van der Waals surface area contributed by atoms with Crippen LogP contribution in [0.1, 0.15) is 55.0 Å². The molecule has 13 nitrogen and oxygen atoms in total. The average molecular weight is 705 g/mol. The molecule has 1 saturated heterocycles. The van der Waals surface area contributed by atoms with E-state index in [1.165, 1.54) is 5.56 Å². The van der Waals surface area contributed by atoms with E-state index in [-0.39, 0.29) is 17.4 Å². The summed E-state index contributed by atoms with van der Waals surface area (Å²) in [5, 5.41) is 19.3. The molecule has 6 N–H and O–H groups in total. The zero-order chi connectivity index (χ0) is 37.3. The predicted molar refractivity (Wildman–Crippen MR) is 203 cm³/mol. The van der Waals surface area contributed by atoms with Crippen molar-refractivity contribution in [1.82, 2.24) is 19.3 Å². The molecule has 0 aliphatic carbocycles. The number of carboxylic acids is 1. The fourth-order valence-corrected chi connectivity index (χ4v) is 6.96. The minimum atomic E-state index is -1.15. The van der Waals surface area contributed by atoms with Gasteiger partial charge in [-0.15, -0.1) is 0 Å². The number of carbonyl (C=O) groups is 4. The van der Waals surface area contributed by atoms with Crippen LogP contribution in [-0.4, -0.2) is 95.4 Å². The Hall–Kier alpha value is -5.76. The van der Waals surface area contributed by atoms with Gasteiger partial charge in [-0.25, -0.2) is 4.79 Å². The topological polar surface area (TPSA) is 165 Å². The number of nitrogens with zero attached hydrogens (tertiary/aromatic N) is 4. The number of amides is 3. The second-order valence-corrected chi connectivity index (χ2v) is 13.6. The van der Waals surface area contributed by atoms with Crippen molar-refractivity contribution >= 4 is 58.1 Å². The Labute approximate surface area is 302 Å². The molecule has 270 valence electrons. The highest BCUT2D eigenvalue weighted by atomic mass is 16.4. The van der Waals surface area contributed by atoms with Crippen molar-refractivity contribution in [2.45, 2.75) is 26.6 Å². The number of aromatic carboxylic acids is 1. The van der Waals surface area contributed by atoms with E-state index in [0.29, 0.717) is 56.4 Å². The first kappa shape index (κ1) is 36.0. The van der Waals surface area contributed by atoms with Gasteiger partial charge in [0.1, 0.15) is 0 Å². The molecule has 1 unspecified atom stereocenters. The third-order valence-electron chi connectivity index (χ3n) is 9.68. The minimum absolute atomic E-state index is 0.0409. The van der Waals surface area contributed by atoms with Crippen LogP contribution in [0.5, 0.6) is 0 Å². The van der Waals surface area contributed by atoms with Crippen molar-refractivity contribution in [3.63, 3.8) is 0 Å². The molecule has 6 rings (SSSR count). The van der Waals surface area contributed by atoms with Gasteiger partial charge in [0.15, 0.2) is 6.17 Å². The summed E-state index contributed by atoms with van der Waals surface area (Å²) < 4.78 is 1.56. The smallest absolute Gasteiger partial charge is 0.337 e. The molecule has 1 fully saturated rings. The summed E-state index contributed by atoms with van der Waals surface area (Å²) in [6, 6.07) is 20.4. The standard InChI is InChI=1S/C39H44N8O5/c1-23-32(47(24(2)33(23)39(51)52)38(35(40)48)44(3)4)21-30-29-10-7-11-31(34(29)43-37(30)50)41-27-8-6-9-28(20-27)42-36(49)26-14-12-25(13-15-26)22-46-18-16-45(5)17-19-46/h6-15,20-21,38,41H,16-19,22H2,1-5H3,(H2,40,48)(H,42,49)(H,43,50)(H,51,52). The molecule has 2 aliphatic rings. The number of fused-ring (bicyclic) bond motifs is 1. The molecule has 3 heterocycles.